The number of hydrogen-bond acceptors (Lipinski definition) is 4. The first kappa shape index (κ1) is 11.2. The van der Waals surface area contributed by atoms with Crippen LogP contribution in [0.4, 0.5) is 0 Å². The van der Waals surface area contributed by atoms with Gasteiger partial charge >= 0.3 is 0 Å². The van der Waals surface area contributed by atoms with Crippen molar-refractivity contribution in [2.45, 2.75) is 19.1 Å². The van der Waals surface area contributed by atoms with Gasteiger partial charge < -0.3 is 19.9 Å². The van der Waals surface area contributed by atoms with E-state index in [2.05, 4.69) is 0 Å². The minimum Gasteiger partial charge on any atom is -0.491 e. The maximum Gasteiger partial charge on any atom is 0.127 e. The second-order valence-electron chi connectivity index (χ2n) is 3.97. The number of methoxy groups -OCH3 is 1. The van der Waals surface area contributed by atoms with Gasteiger partial charge in [-0.2, -0.15) is 0 Å². The first-order chi connectivity index (χ1) is 7.70. The van der Waals surface area contributed by atoms with Gasteiger partial charge in [0.15, 0.2) is 0 Å². The third kappa shape index (κ3) is 2.28. The summed E-state index contributed by atoms with van der Waals surface area (Å²) in [5, 5.41) is 0. The summed E-state index contributed by atoms with van der Waals surface area (Å²) in [5.74, 6) is 1.62. The Morgan fingerprint density at radius 2 is 2.38 bits per heavy atom. The molecule has 4 nitrogen and oxygen atoms in total. The van der Waals surface area contributed by atoms with Crippen molar-refractivity contribution >= 4 is 0 Å². The molecule has 0 aliphatic carbocycles. The van der Waals surface area contributed by atoms with Gasteiger partial charge in [-0.05, 0) is 19.1 Å². The number of nitrogens with two attached hydrogens (primary N) is 1. The fourth-order valence-electron chi connectivity index (χ4n) is 1.59. The topological polar surface area (TPSA) is 53.7 Å². The quantitative estimate of drug-likeness (QED) is 0.840. The van der Waals surface area contributed by atoms with Crippen molar-refractivity contribution in [3.63, 3.8) is 0 Å². The summed E-state index contributed by atoms with van der Waals surface area (Å²) < 4.78 is 16.1. The van der Waals surface area contributed by atoms with E-state index in [4.69, 9.17) is 19.9 Å². The third-order valence-corrected chi connectivity index (χ3v) is 2.69. The SMILES string of the molecule is COC(C)COc1ccc2c(c1)OCC2N. The van der Waals surface area contributed by atoms with E-state index in [0.29, 0.717) is 13.2 Å². The molecule has 0 fully saturated rings. The Balaban J connectivity index is 2.02. The van der Waals surface area contributed by atoms with Crippen LogP contribution in [-0.2, 0) is 4.74 Å². The molecule has 0 aromatic heterocycles. The Bertz CT molecular complexity index is 367. The Labute approximate surface area is 95.3 Å². The minimum absolute atomic E-state index is 0.0121. The van der Waals surface area contributed by atoms with Gasteiger partial charge in [0, 0.05) is 18.7 Å². The van der Waals surface area contributed by atoms with Crippen LogP contribution >= 0.6 is 0 Å². The number of ether oxygens (including phenoxy) is 3. The molecule has 88 valence electrons. The first-order valence-corrected chi connectivity index (χ1v) is 5.38. The van der Waals surface area contributed by atoms with E-state index in [9.17, 15) is 0 Å². The summed E-state index contributed by atoms with van der Waals surface area (Å²) in [7, 11) is 1.67. The van der Waals surface area contributed by atoms with Crippen LogP contribution in [0.5, 0.6) is 11.5 Å². The van der Waals surface area contributed by atoms with Gasteiger partial charge in [-0.1, -0.05) is 0 Å². The smallest absolute Gasteiger partial charge is 0.127 e. The van der Waals surface area contributed by atoms with Crippen LogP contribution in [0.2, 0.25) is 0 Å². The van der Waals surface area contributed by atoms with Crippen molar-refractivity contribution in [1.82, 2.24) is 0 Å². The Hall–Kier alpha value is -1.26. The van der Waals surface area contributed by atoms with Gasteiger partial charge in [0.05, 0.1) is 12.1 Å². The lowest BCUT2D eigenvalue weighted by molar-refractivity contribution is 0.0716. The molecule has 2 atom stereocenters. The summed E-state index contributed by atoms with van der Waals surface area (Å²) in [6.07, 6.45) is 0.0800. The summed E-state index contributed by atoms with van der Waals surface area (Å²) in [6.45, 7) is 3.04. The molecule has 0 saturated heterocycles. The Morgan fingerprint density at radius 1 is 1.56 bits per heavy atom. The molecule has 1 aliphatic rings. The van der Waals surface area contributed by atoms with Crippen molar-refractivity contribution in [1.29, 1.82) is 0 Å². The zero-order valence-electron chi connectivity index (χ0n) is 9.60. The van der Waals surface area contributed by atoms with Crippen LogP contribution in [0.15, 0.2) is 18.2 Å². The average molecular weight is 223 g/mol. The van der Waals surface area contributed by atoms with Crippen molar-refractivity contribution < 1.29 is 14.2 Å². The second-order valence-corrected chi connectivity index (χ2v) is 3.97. The summed E-state index contributed by atoms with van der Waals surface area (Å²) in [4.78, 5) is 0. The third-order valence-electron chi connectivity index (χ3n) is 2.69. The van der Waals surface area contributed by atoms with Gasteiger partial charge in [0.2, 0.25) is 0 Å². The highest BCUT2D eigenvalue weighted by molar-refractivity contribution is 5.44. The molecule has 2 N–H and O–H groups in total. The Kier molecular flexibility index (Phi) is 3.31. The molecule has 0 bridgehead atoms. The molecule has 0 radical (unpaired) electrons. The van der Waals surface area contributed by atoms with Gasteiger partial charge in [-0.3, -0.25) is 0 Å². The van der Waals surface area contributed by atoms with Crippen molar-refractivity contribution in [3.05, 3.63) is 23.8 Å². The predicted molar refractivity (Wildman–Crippen MR) is 60.8 cm³/mol. The molecule has 1 aliphatic heterocycles. The van der Waals surface area contributed by atoms with Crippen molar-refractivity contribution in [2.24, 2.45) is 5.73 Å². The molecule has 2 unspecified atom stereocenters. The van der Waals surface area contributed by atoms with E-state index in [1.165, 1.54) is 0 Å². The fourth-order valence-corrected chi connectivity index (χ4v) is 1.59. The van der Waals surface area contributed by atoms with Crippen molar-refractivity contribution in [2.75, 3.05) is 20.3 Å². The van der Waals surface area contributed by atoms with Crippen LogP contribution in [-0.4, -0.2) is 26.4 Å². The minimum atomic E-state index is -0.0121. The highest BCUT2D eigenvalue weighted by Crippen LogP contribution is 2.33. The zero-order chi connectivity index (χ0) is 11.5. The van der Waals surface area contributed by atoms with E-state index in [-0.39, 0.29) is 12.1 Å². The molecule has 0 saturated carbocycles. The van der Waals surface area contributed by atoms with E-state index in [1.54, 1.807) is 7.11 Å². The molecular formula is C12H17NO3. The number of fused-ring (bicyclic) bond motifs is 1. The number of rotatable bonds is 4. The van der Waals surface area contributed by atoms with Crippen molar-refractivity contribution in [3.8, 4) is 11.5 Å². The Morgan fingerprint density at radius 3 is 3.12 bits per heavy atom. The molecule has 4 heteroatoms. The summed E-state index contributed by atoms with van der Waals surface area (Å²) in [6, 6.07) is 5.74. The van der Waals surface area contributed by atoms with E-state index in [1.807, 2.05) is 25.1 Å². The predicted octanol–water partition coefficient (Wildman–Crippen LogP) is 1.49. The summed E-state index contributed by atoms with van der Waals surface area (Å²) >= 11 is 0. The molecule has 16 heavy (non-hydrogen) atoms. The van der Waals surface area contributed by atoms with Gasteiger partial charge in [-0.25, -0.2) is 0 Å². The van der Waals surface area contributed by atoms with Crippen LogP contribution in [0, 0.1) is 0 Å². The van der Waals surface area contributed by atoms with Crippen LogP contribution < -0.4 is 15.2 Å². The summed E-state index contributed by atoms with van der Waals surface area (Å²) in [5.41, 5.74) is 6.90. The van der Waals surface area contributed by atoms with E-state index < -0.39 is 0 Å². The molecule has 1 aromatic rings. The molecule has 1 aromatic carbocycles. The van der Waals surface area contributed by atoms with Gasteiger partial charge in [0.25, 0.3) is 0 Å². The average Bonchev–Trinajstić information content (AvgIpc) is 2.67. The first-order valence-electron chi connectivity index (χ1n) is 5.38. The lowest BCUT2D eigenvalue weighted by Gasteiger charge is -2.12. The highest BCUT2D eigenvalue weighted by atomic mass is 16.5. The number of benzene rings is 1. The lowest BCUT2D eigenvalue weighted by Crippen LogP contribution is -2.15. The monoisotopic (exact) mass is 223 g/mol. The molecular weight excluding hydrogens is 206 g/mol. The van der Waals surface area contributed by atoms with Crippen LogP contribution in [0.1, 0.15) is 18.5 Å². The molecule has 2 rings (SSSR count). The zero-order valence-corrected chi connectivity index (χ0v) is 9.60. The maximum atomic E-state index is 5.85. The normalized spacial score (nSPS) is 20.1. The largest absolute Gasteiger partial charge is 0.491 e. The molecule has 0 amide bonds. The maximum absolute atomic E-state index is 5.85. The van der Waals surface area contributed by atoms with E-state index >= 15 is 0 Å². The van der Waals surface area contributed by atoms with Crippen LogP contribution in [0.3, 0.4) is 0 Å². The highest BCUT2D eigenvalue weighted by Gasteiger charge is 2.20. The molecule has 1 heterocycles. The number of hydrogen-bond donors (Lipinski definition) is 1. The fraction of sp³-hybridized carbons (Fsp3) is 0.500. The lowest BCUT2D eigenvalue weighted by atomic mass is 10.1. The molecule has 0 spiro atoms. The van der Waals surface area contributed by atoms with Gasteiger partial charge in [0.1, 0.15) is 24.7 Å². The standard InChI is InChI=1S/C12H17NO3/c1-8(14-2)6-15-9-3-4-10-11(13)7-16-12(10)5-9/h3-5,8,11H,6-7,13H2,1-2H3. The second kappa shape index (κ2) is 4.72. The van der Waals surface area contributed by atoms with Gasteiger partial charge in [-0.15, -0.1) is 0 Å². The van der Waals surface area contributed by atoms with E-state index in [0.717, 1.165) is 17.1 Å². The van der Waals surface area contributed by atoms with Crippen LogP contribution in [0.25, 0.3) is 0 Å².